The zero-order valence-electron chi connectivity index (χ0n) is 17.9. The third kappa shape index (κ3) is 9.35. The van der Waals surface area contributed by atoms with Gasteiger partial charge in [-0.15, -0.1) is 0 Å². The minimum absolute atomic E-state index is 0.189. The molecule has 0 aliphatic rings. The predicted octanol–water partition coefficient (Wildman–Crippen LogP) is 2.32. The van der Waals surface area contributed by atoms with Gasteiger partial charge >= 0.3 is 0 Å². The number of benzene rings is 1. The van der Waals surface area contributed by atoms with Gasteiger partial charge in [-0.1, -0.05) is 58.0 Å². The number of primary amides is 1. The molecule has 0 aliphatic carbocycles. The minimum Gasteiger partial charge on any atom is -0.368 e. The zero-order valence-corrected chi connectivity index (χ0v) is 18.7. The predicted molar refractivity (Wildman–Crippen MR) is 119 cm³/mol. The van der Waals surface area contributed by atoms with E-state index in [1.807, 2.05) is 58.0 Å². The number of hydrogen-bond acceptors (Lipinski definition) is 4. The molecule has 162 valence electrons. The highest BCUT2D eigenvalue weighted by molar-refractivity contribution is 7.80. The second-order valence-electron chi connectivity index (χ2n) is 8.35. The van der Waals surface area contributed by atoms with Gasteiger partial charge in [-0.2, -0.15) is 12.6 Å². The molecule has 3 atom stereocenters. The molecule has 29 heavy (non-hydrogen) atoms. The average molecular weight is 422 g/mol. The second kappa shape index (κ2) is 12.5. The minimum atomic E-state index is -0.798. The first-order valence-corrected chi connectivity index (χ1v) is 10.8. The molecule has 6 nitrogen and oxygen atoms in total. The largest absolute Gasteiger partial charge is 0.368 e. The monoisotopic (exact) mass is 421 g/mol. The lowest BCUT2D eigenvalue weighted by atomic mass is 9.96. The molecule has 0 heterocycles. The molecule has 1 aromatic rings. The van der Waals surface area contributed by atoms with Crippen molar-refractivity contribution in [3.63, 3.8) is 0 Å². The fraction of sp³-hybridized carbons (Fsp3) is 0.591. The number of nitrogens with one attached hydrogen (secondary N) is 2. The van der Waals surface area contributed by atoms with Crippen molar-refractivity contribution >= 4 is 30.4 Å². The first-order chi connectivity index (χ1) is 13.6. The van der Waals surface area contributed by atoms with Crippen LogP contribution in [-0.4, -0.2) is 35.6 Å². The molecule has 1 aromatic carbocycles. The Morgan fingerprint density at radius 2 is 1.45 bits per heavy atom. The summed E-state index contributed by atoms with van der Waals surface area (Å²) in [5.74, 6) is -0.546. The summed E-state index contributed by atoms with van der Waals surface area (Å²) < 4.78 is 0. The molecule has 0 saturated carbocycles. The first kappa shape index (κ1) is 25.0. The van der Waals surface area contributed by atoms with Crippen molar-refractivity contribution in [3.8, 4) is 0 Å². The third-order valence-electron chi connectivity index (χ3n) is 4.63. The van der Waals surface area contributed by atoms with Gasteiger partial charge in [0.15, 0.2) is 0 Å². The van der Waals surface area contributed by atoms with Crippen molar-refractivity contribution in [3.05, 3.63) is 35.9 Å². The number of nitrogens with two attached hydrogens (primary N) is 1. The summed E-state index contributed by atoms with van der Waals surface area (Å²) in [6.07, 6.45) is 1.46. The van der Waals surface area contributed by atoms with Gasteiger partial charge in [-0.25, -0.2) is 0 Å². The van der Waals surface area contributed by atoms with Crippen molar-refractivity contribution in [1.29, 1.82) is 0 Å². The Morgan fingerprint density at radius 1 is 0.897 bits per heavy atom. The van der Waals surface area contributed by atoms with Crippen LogP contribution in [0, 0.1) is 17.8 Å². The number of amides is 3. The van der Waals surface area contributed by atoms with Gasteiger partial charge in [0.1, 0.15) is 12.1 Å². The quantitative estimate of drug-likeness (QED) is 0.390. The normalized spacial score (nSPS) is 14.3. The van der Waals surface area contributed by atoms with Gasteiger partial charge < -0.3 is 16.4 Å². The topological polar surface area (TPSA) is 101 Å². The maximum absolute atomic E-state index is 13.0. The summed E-state index contributed by atoms with van der Waals surface area (Å²) in [6, 6.07) is 7.89. The first-order valence-electron chi connectivity index (χ1n) is 10.2. The second-order valence-corrected chi connectivity index (χ2v) is 8.72. The summed E-state index contributed by atoms with van der Waals surface area (Å²) in [5.41, 5.74) is 6.38. The smallest absolute Gasteiger partial charge is 0.243 e. The van der Waals surface area contributed by atoms with E-state index in [0.29, 0.717) is 30.9 Å². The summed E-state index contributed by atoms with van der Waals surface area (Å²) >= 11 is 4.30. The van der Waals surface area contributed by atoms with Crippen LogP contribution in [0.3, 0.4) is 0 Å². The standard InChI is InChI=1S/C22H35N3O3S/c1-14(2)10-17(13-29)21(27)25-19(12-16-8-6-5-7-9-16)22(28)24-18(20(23)26)11-15(3)4/h5-9,14-15,17-19,29H,10-13H2,1-4H3,(H2,23,26)(H,24,28)(H,25,27)/t17?,18-,19-/m0/s1. The van der Waals surface area contributed by atoms with Crippen LogP contribution in [-0.2, 0) is 20.8 Å². The summed E-state index contributed by atoms with van der Waals surface area (Å²) in [5, 5.41) is 5.59. The average Bonchev–Trinajstić information content (AvgIpc) is 2.65. The number of thiol groups is 1. The van der Waals surface area contributed by atoms with E-state index in [1.54, 1.807) is 0 Å². The van der Waals surface area contributed by atoms with Crippen molar-refractivity contribution in [1.82, 2.24) is 10.6 Å². The lowest BCUT2D eigenvalue weighted by molar-refractivity contribution is -0.132. The Hall–Kier alpha value is -2.02. The molecule has 0 bridgehead atoms. The van der Waals surface area contributed by atoms with E-state index in [1.165, 1.54) is 0 Å². The number of carbonyl (C=O) groups excluding carboxylic acids is 3. The van der Waals surface area contributed by atoms with Gasteiger partial charge in [0, 0.05) is 18.1 Å². The molecule has 0 fully saturated rings. The van der Waals surface area contributed by atoms with Crippen LogP contribution in [0.1, 0.15) is 46.1 Å². The highest BCUT2D eigenvalue weighted by atomic mass is 32.1. The molecule has 4 N–H and O–H groups in total. The Balaban J connectivity index is 2.98. The van der Waals surface area contributed by atoms with Crippen LogP contribution in [0.2, 0.25) is 0 Å². The molecule has 0 saturated heterocycles. The van der Waals surface area contributed by atoms with Crippen LogP contribution in [0.5, 0.6) is 0 Å². The van der Waals surface area contributed by atoms with Crippen LogP contribution in [0.4, 0.5) is 0 Å². The van der Waals surface area contributed by atoms with E-state index >= 15 is 0 Å². The van der Waals surface area contributed by atoms with Crippen LogP contribution in [0.25, 0.3) is 0 Å². The van der Waals surface area contributed by atoms with E-state index in [9.17, 15) is 14.4 Å². The Morgan fingerprint density at radius 3 is 1.93 bits per heavy atom. The highest BCUT2D eigenvalue weighted by Gasteiger charge is 2.28. The van der Waals surface area contributed by atoms with Crippen molar-refractivity contribution in [2.45, 2.75) is 59.0 Å². The molecule has 0 aromatic heterocycles. The summed E-state index contributed by atoms with van der Waals surface area (Å²) in [7, 11) is 0. The van der Waals surface area contributed by atoms with Crippen molar-refractivity contribution < 1.29 is 14.4 Å². The molecular formula is C22H35N3O3S. The maximum Gasteiger partial charge on any atom is 0.243 e. The van der Waals surface area contributed by atoms with Crippen LogP contribution < -0.4 is 16.4 Å². The van der Waals surface area contributed by atoms with Gasteiger partial charge in [0.25, 0.3) is 0 Å². The third-order valence-corrected chi connectivity index (χ3v) is 5.07. The molecule has 3 amide bonds. The highest BCUT2D eigenvalue weighted by Crippen LogP contribution is 2.15. The van der Waals surface area contributed by atoms with E-state index < -0.39 is 23.9 Å². The van der Waals surface area contributed by atoms with Crippen LogP contribution in [0.15, 0.2) is 30.3 Å². The molecule has 0 radical (unpaired) electrons. The van der Waals surface area contributed by atoms with Gasteiger partial charge in [-0.3, -0.25) is 14.4 Å². The van der Waals surface area contributed by atoms with Crippen molar-refractivity contribution in [2.75, 3.05) is 5.75 Å². The lowest BCUT2D eigenvalue weighted by Gasteiger charge is -2.25. The fourth-order valence-electron chi connectivity index (χ4n) is 3.17. The summed E-state index contributed by atoms with van der Waals surface area (Å²) in [6.45, 7) is 7.99. The SMILES string of the molecule is CC(C)CC(CS)C(=O)N[C@@H](Cc1ccccc1)C(=O)N[C@@H](CC(C)C)C(N)=O. The number of hydrogen-bond donors (Lipinski definition) is 4. The summed E-state index contributed by atoms with van der Waals surface area (Å²) in [4.78, 5) is 37.5. The molecule has 0 aliphatic heterocycles. The molecule has 0 spiro atoms. The van der Waals surface area contributed by atoms with E-state index in [0.717, 1.165) is 5.56 Å². The van der Waals surface area contributed by atoms with Gasteiger partial charge in [-0.05, 0) is 30.2 Å². The van der Waals surface area contributed by atoms with E-state index in [-0.39, 0.29) is 17.7 Å². The van der Waals surface area contributed by atoms with Crippen LogP contribution >= 0.6 is 12.6 Å². The molecule has 1 rings (SSSR count). The Kier molecular flexibility index (Phi) is 10.8. The van der Waals surface area contributed by atoms with E-state index in [4.69, 9.17) is 5.73 Å². The number of carbonyl (C=O) groups is 3. The Labute approximate surface area is 179 Å². The van der Waals surface area contributed by atoms with Crippen molar-refractivity contribution in [2.24, 2.45) is 23.5 Å². The molecule has 1 unspecified atom stereocenters. The van der Waals surface area contributed by atoms with E-state index in [2.05, 4.69) is 23.3 Å². The molecule has 7 heteroatoms. The number of rotatable bonds is 12. The Bertz CT molecular complexity index is 665. The maximum atomic E-state index is 13.0. The molecular weight excluding hydrogens is 386 g/mol. The zero-order chi connectivity index (χ0) is 22.0. The van der Waals surface area contributed by atoms with Gasteiger partial charge in [0.2, 0.25) is 17.7 Å². The van der Waals surface area contributed by atoms with Gasteiger partial charge in [0.05, 0.1) is 0 Å². The fourth-order valence-corrected chi connectivity index (χ4v) is 3.49. The lowest BCUT2D eigenvalue weighted by Crippen LogP contribution is -2.55.